The maximum atomic E-state index is 12.1. The Bertz CT molecular complexity index is 1060. The highest BCUT2D eigenvalue weighted by molar-refractivity contribution is 7.86. The Hall–Kier alpha value is -3.24. The summed E-state index contributed by atoms with van der Waals surface area (Å²) in [4.78, 5) is 14.1. The quantitative estimate of drug-likeness (QED) is 0.336. The minimum atomic E-state index is -3.84. The van der Waals surface area contributed by atoms with Crippen LogP contribution in [0.4, 0.5) is 0 Å². The van der Waals surface area contributed by atoms with Crippen molar-refractivity contribution < 1.29 is 37.1 Å². The molecule has 0 saturated carbocycles. The molecule has 3 rings (SSSR count). The number of ether oxygens (including phenoxy) is 2. The maximum Gasteiger partial charge on any atom is 0.383 e. The minimum absolute atomic E-state index is 0.0124. The van der Waals surface area contributed by atoms with Gasteiger partial charge in [0.2, 0.25) is 11.5 Å². The number of carbonyl (C=O) groups excluding carboxylic acids is 1. The number of aromatic amines is 1. The van der Waals surface area contributed by atoms with E-state index in [9.17, 15) is 23.4 Å². The molecule has 0 amide bonds. The second-order valence-corrected chi connectivity index (χ2v) is 7.77. The number of rotatable bonds is 8. The summed E-state index contributed by atoms with van der Waals surface area (Å²) >= 11 is 0. The Morgan fingerprint density at radius 2 is 1.86 bits per heavy atom. The summed E-state index contributed by atoms with van der Waals surface area (Å²) in [6.45, 7) is 1.71. The third-order valence-electron chi connectivity index (χ3n) is 3.98. The largest absolute Gasteiger partial charge is 0.502 e. The molecular weight excluding hydrogens is 402 g/mol. The van der Waals surface area contributed by atoms with Crippen molar-refractivity contribution in [3.8, 4) is 5.75 Å². The second-order valence-electron chi connectivity index (χ2n) is 6.16. The predicted octanol–water partition coefficient (Wildman–Crippen LogP) is 2.42. The molecule has 1 aromatic heterocycles. The Labute approximate surface area is 167 Å². The molecule has 0 aliphatic carbocycles. The summed E-state index contributed by atoms with van der Waals surface area (Å²) in [6.07, 6.45) is 3.25. The molecule has 0 unspecified atom stereocenters. The number of aromatic nitrogens is 1. The number of esters is 1. The van der Waals surface area contributed by atoms with E-state index in [0.29, 0.717) is 11.4 Å². The fourth-order valence-corrected chi connectivity index (χ4v) is 3.34. The first-order valence-corrected chi connectivity index (χ1v) is 9.98. The van der Waals surface area contributed by atoms with Crippen LogP contribution in [0.3, 0.4) is 0 Å². The molecule has 0 fully saturated rings. The molecule has 1 aliphatic heterocycles. The van der Waals surface area contributed by atoms with Crippen LogP contribution in [-0.4, -0.2) is 42.8 Å². The smallest absolute Gasteiger partial charge is 0.383 e. The lowest BCUT2D eigenvalue weighted by Crippen LogP contribution is -2.12. The van der Waals surface area contributed by atoms with E-state index in [1.165, 1.54) is 18.2 Å². The van der Waals surface area contributed by atoms with E-state index in [4.69, 9.17) is 13.7 Å². The van der Waals surface area contributed by atoms with Gasteiger partial charge in [-0.2, -0.15) is 8.42 Å². The van der Waals surface area contributed by atoms with Gasteiger partial charge < -0.3 is 24.7 Å². The zero-order valence-electron chi connectivity index (χ0n) is 15.4. The first-order chi connectivity index (χ1) is 13.8. The summed E-state index contributed by atoms with van der Waals surface area (Å²) in [7, 11) is -3.84. The van der Waals surface area contributed by atoms with Crippen molar-refractivity contribution in [1.82, 2.24) is 4.98 Å². The molecule has 0 spiro atoms. The average molecular weight is 421 g/mol. The van der Waals surface area contributed by atoms with E-state index < -0.39 is 27.6 Å². The zero-order valence-corrected chi connectivity index (χ0v) is 16.2. The first kappa shape index (κ1) is 20.5. The van der Waals surface area contributed by atoms with Crippen LogP contribution in [0.5, 0.6) is 5.75 Å². The Morgan fingerprint density at radius 1 is 1.14 bits per heavy atom. The van der Waals surface area contributed by atoms with Crippen molar-refractivity contribution in [3.05, 3.63) is 71.1 Å². The number of nitrogens with one attached hydrogen (secondary N) is 1. The van der Waals surface area contributed by atoms with Crippen molar-refractivity contribution >= 4 is 16.1 Å². The van der Waals surface area contributed by atoms with Crippen LogP contribution in [0.2, 0.25) is 0 Å². The van der Waals surface area contributed by atoms with E-state index in [-0.39, 0.29) is 30.3 Å². The van der Waals surface area contributed by atoms with Gasteiger partial charge in [-0.3, -0.25) is 4.18 Å². The summed E-state index contributed by atoms with van der Waals surface area (Å²) in [5, 5.41) is 18.8. The van der Waals surface area contributed by atoms with E-state index in [1.807, 2.05) is 6.92 Å². The molecular formula is C19H19NO8S. The molecule has 1 aromatic carbocycles. The number of carbonyl (C=O) groups is 1. The molecule has 0 atom stereocenters. The summed E-state index contributed by atoms with van der Waals surface area (Å²) in [5.41, 5.74) is 1.62. The zero-order chi connectivity index (χ0) is 21.0. The van der Waals surface area contributed by atoms with E-state index >= 15 is 0 Å². The van der Waals surface area contributed by atoms with Gasteiger partial charge in [0, 0.05) is 24.4 Å². The number of cyclic esters (lactones) is 1. The van der Waals surface area contributed by atoms with E-state index in [0.717, 1.165) is 5.56 Å². The predicted molar refractivity (Wildman–Crippen MR) is 101 cm³/mol. The lowest BCUT2D eigenvalue weighted by atomic mass is 10.2. The van der Waals surface area contributed by atoms with Crippen LogP contribution >= 0.6 is 0 Å². The van der Waals surface area contributed by atoms with Crippen LogP contribution in [-0.2, 0) is 30.3 Å². The topological polar surface area (TPSA) is 135 Å². The van der Waals surface area contributed by atoms with Crippen molar-refractivity contribution in [1.29, 1.82) is 0 Å². The van der Waals surface area contributed by atoms with Gasteiger partial charge in [-0.1, -0.05) is 17.7 Å². The molecule has 9 nitrogen and oxygen atoms in total. The highest BCUT2D eigenvalue weighted by Gasteiger charge is 2.29. The lowest BCUT2D eigenvalue weighted by Gasteiger charge is -2.06. The Balaban J connectivity index is 1.47. The Kier molecular flexibility index (Phi) is 5.95. The average Bonchev–Trinajstić information content (AvgIpc) is 3.24. The normalized spacial score (nSPS) is 15.8. The molecule has 29 heavy (non-hydrogen) atoms. The SMILES string of the molecule is Cc1ccc(S(=O)(=O)OCCOc2c[nH]c(C/C=C3/OC(=O)C(O)=C3O)c2)cc1. The van der Waals surface area contributed by atoms with Gasteiger partial charge in [0.15, 0.2) is 5.76 Å². The van der Waals surface area contributed by atoms with E-state index in [1.54, 1.807) is 24.4 Å². The molecule has 0 radical (unpaired) electrons. The summed E-state index contributed by atoms with van der Waals surface area (Å²) < 4.78 is 39.2. The Morgan fingerprint density at radius 3 is 2.52 bits per heavy atom. The van der Waals surface area contributed by atoms with Crippen molar-refractivity contribution in [2.45, 2.75) is 18.2 Å². The molecule has 1 aliphatic rings. The second kappa shape index (κ2) is 8.41. The molecule has 2 heterocycles. The molecule has 0 saturated heterocycles. The van der Waals surface area contributed by atoms with Crippen LogP contribution in [0, 0.1) is 6.92 Å². The van der Waals surface area contributed by atoms with Crippen LogP contribution in [0.25, 0.3) is 0 Å². The third kappa shape index (κ3) is 4.98. The number of benzene rings is 1. The number of aliphatic hydroxyl groups excluding tert-OH is 2. The highest BCUT2D eigenvalue weighted by atomic mass is 32.2. The molecule has 0 bridgehead atoms. The van der Waals surface area contributed by atoms with E-state index in [2.05, 4.69) is 4.98 Å². The van der Waals surface area contributed by atoms with Crippen LogP contribution < -0.4 is 4.74 Å². The summed E-state index contributed by atoms with van der Waals surface area (Å²) in [5.74, 6) is -2.11. The van der Waals surface area contributed by atoms with Gasteiger partial charge >= 0.3 is 5.97 Å². The monoisotopic (exact) mass is 421 g/mol. The summed E-state index contributed by atoms with van der Waals surface area (Å²) in [6, 6.07) is 7.99. The van der Waals surface area contributed by atoms with Gasteiger partial charge in [-0.25, -0.2) is 4.79 Å². The molecule has 10 heteroatoms. The number of hydrogen-bond donors (Lipinski definition) is 3. The van der Waals surface area contributed by atoms with Crippen molar-refractivity contribution in [2.75, 3.05) is 13.2 Å². The first-order valence-electron chi connectivity index (χ1n) is 8.57. The highest BCUT2D eigenvalue weighted by Crippen LogP contribution is 2.23. The van der Waals surface area contributed by atoms with Crippen LogP contribution in [0.15, 0.2) is 64.8 Å². The van der Waals surface area contributed by atoms with Gasteiger partial charge in [-0.05, 0) is 25.1 Å². The van der Waals surface area contributed by atoms with Crippen molar-refractivity contribution in [2.24, 2.45) is 0 Å². The molecule has 154 valence electrons. The lowest BCUT2D eigenvalue weighted by molar-refractivity contribution is -0.135. The third-order valence-corrected chi connectivity index (χ3v) is 5.30. The number of aliphatic hydroxyl groups is 2. The fourth-order valence-electron chi connectivity index (χ4n) is 2.45. The van der Waals surface area contributed by atoms with Gasteiger partial charge in [-0.15, -0.1) is 0 Å². The fraction of sp³-hybridized carbons (Fsp3) is 0.211. The van der Waals surface area contributed by atoms with Crippen LogP contribution in [0.1, 0.15) is 11.3 Å². The molecule has 3 N–H and O–H groups in total. The minimum Gasteiger partial charge on any atom is -0.502 e. The number of hydrogen-bond acceptors (Lipinski definition) is 8. The van der Waals surface area contributed by atoms with Crippen molar-refractivity contribution in [3.63, 3.8) is 0 Å². The van der Waals surface area contributed by atoms with Gasteiger partial charge in [0.1, 0.15) is 19.0 Å². The standard InChI is InChI=1S/C19H19NO8S/c1-12-2-5-15(6-3-12)29(24,25)27-9-8-26-14-10-13(20-11-14)4-7-16-17(21)18(22)19(23)28-16/h2-3,5-7,10-11,20-22H,4,8-9H2,1H3/b16-7+. The maximum absolute atomic E-state index is 12.1. The number of aryl methyl sites for hydroxylation is 1. The van der Waals surface area contributed by atoms with Gasteiger partial charge in [0.05, 0.1) is 4.90 Å². The number of allylic oxidation sites excluding steroid dienone is 1. The number of H-pyrrole nitrogens is 1. The molecule has 2 aromatic rings. The van der Waals surface area contributed by atoms with Gasteiger partial charge in [0.25, 0.3) is 10.1 Å².